The maximum atomic E-state index is 13.7. The Bertz CT molecular complexity index is 1620. The molecule has 0 atom stereocenters. The molecule has 0 aliphatic heterocycles. The Morgan fingerprint density at radius 3 is 2.15 bits per heavy atom. The smallest absolute Gasteiger partial charge is 0.197 e. The number of hydrogen-bond acceptors (Lipinski definition) is 3. The van der Waals surface area contributed by atoms with Crippen LogP contribution in [-0.4, -0.2) is 22.6 Å². The summed E-state index contributed by atoms with van der Waals surface area (Å²) in [6.07, 6.45) is 2.12. The third-order valence-corrected chi connectivity index (χ3v) is 6.54. The van der Waals surface area contributed by atoms with Gasteiger partial charge in [0.2, 0.25) is 0 Å². The average molecular weight is 440 g/mol. The standard InChI is InChI=1S/C28H29N3O2/c1-4-13-30(14-5-2)18-11-12-25-21(15-18)28(33)22-16-24-20(17-26(22)31(25)6-3)27(32)19-9-7-8-10-23(19)29-24/h7-12,15-17H,4-6,13-14H2,1-3H3,(H,29,32). The summed E-state index contributed by atoms with van der Waals surface area (Å²) in [7, 11) is 0. The van der Waals surface area contributed by atoms with Crippen LogP contribution < -0.4 is 15.8 Å². The third kappa shape index (κ3) is 3.39. The van der Waals surface area contributed by atoms with Crippen LogP contribution in [0.4, 0.5) is 5.69 Å². The Kier molecular flexibility index (Phi) is 5.41. The van der Waals surface area contributed by atoms with E-state index in [0.29, 0.717) is 28.2 Å². The van der Waals surface area contributed by atoms with Gasteiger partial charge in [-0.3, -0.25) is 9.59 Å². The van der Waals surface area contributed by atoms with E-state index in [-0.39, 0.29) is 10.9 Å². The van der Waals surface area contributed by atoms with Gasteiger partial charge in [0, 0.05) is 52.4 Å². The van der Waals surface area contributed by atoms with E-state index in [1.165, 1.54) is 0 Å². The Labute approximate surface area is 192 Å². The van der Waals surface area contributed by atoms with E-state index in [9.17, 15) is 9.59 Å². The fourth-order valence-electron chi connectivity index (χ4n) is 5.03. The number of benzene rings is 3. The van der Waals surface area contributed by atoms with Crippen LogP contribution in [-0.2, 0) is 6.54 Å². The van der Waals surface area contributed by atoms with E-state index in [0.717, 1.165) is 53.6 Å². The number of nitrogens with one attached hydrogen (secondary N) is 1. The zero-order chi connectivity index (χ0) is 23.1. The van der Waals surface area contributed by atoms with E-state index >= 15 is 0 Å². The second-order valence-electron chi connectivity index (χ2n) is 8.68. The SMILES string of the molecule is CCCN(CCC)c1ccc2c(c1)c(=O)c1cc3[nH]c4ccccc4c(=O)c3cc1n2CC. The zero-order valence-corrected chi connectivity index (χ0v) is 19.4. The van der Waals surface area contributed by atoms with Crippen molar-refractivity contribution >= 4 is 49.3 Å². The van der Waals surface area contributed by atoms with Gasteiger partial charge in [0.25, 0.3) is 0 Å². The number of pyridine rings is 2. The molecule has 1 N–H and O–H groups in total. The average Bonchev–Trinajstić information content (AvgIpc) is 2.84. The summed E-state index contributed by atoms with van der Waals surface area (Å²) in [6, 6.07) is 17.5. The summed E-state index contributed by atoms with van der Waals surface area (Å²) in [4.78, 5) is 32.6. The lowest BCUT2D eigenvalue weighted by Crippen LogP contribution is -2.25. The second kappa shape index (κ2) is 8.39. The highest BCUT2D eigenvalue weighted by Gasteiger charge is 2.15. The molecule has 3 aromatic carbocycles. The van der Waals surface area contributed by atoms with Crippen LogP contribution in [0, 0.1) is 0 Å². The van der Waals surface area contributed by atoms with Crippen molar-refractivity contribution in [3.05, 3.63) is 75.0 Å². The monoisotopic (exact) mass is 439 g/mol. The lowest BCUT2D eigenvalue weighted by Gasteiger charge is -2.24. The minimum atomic E-state index is -0.0124. The predicted molar refractivity (Wildman–Crippen MR) is 140 cm³/mol. The highest BCUT2D eigenvalue weighted by molar-refractivity contribution is 6.03. The van der Waals surface area contributed by atoms with Gasteiger partial charge in [-0.2, -0.15) is 0 Å². The van der Waals surface area contributed by atoms with Crippen molar-refractivity contribution < 1.29 is 0 Å². The van der Waals surface area contributed by atoms with Gasteiger partial charge in [0.15, 0.2) is 10.9 Å². The van der Waals surface area contributed by atoms with Gasteiger partial charge in [-0.15, -0.1) is 0 Å². The van der Waals surface area contributed by atoms with Gasteiger partial charge in [0.1, 0.15) is 0 Å². The van der Waals surface area contributed by atoms with Crippen LogP contribution in [0.3, 0.4) is 0 Å². The van der Waals surface area contributed by atoms with Crippen molar-refractivity contribution in [3.63, 3.8) is 0 Å². The number of rotatable bonds is 6. The highest BCUT2D eigenvalue weighted by atomic mass is 16.1. The summed E-state index contributed by atoms with van der Waals surface area (Å²) in [5.41, 5.74) is 4.27. The molecule has 5 nitrogen and oxygen atoms in total. The topological polar surface area (TPSA) is 58.1 Å². The molecule has 0 radical (unpaired) electrons. The lowest BCUT2D eigenvalue weighted by atomic mass is 10.0. The van der Waals surface area contributed by atoms with E-state index in [1.54, 1.807) is 0 Å². The van der Waals surface area contributed by atoms with E-state index in [2.05, 4.69) is 47.4 Å². The number of fused-ring (bicyclic) bond motifs is 4. The maximum absolute atomic E-state index is 13.7. The number of H-pyrrole nitrogens is 1. The van der Waals surface area contributed by atoms with Gasteiger partial charge in [-0.25, -0.2) is 0 Å². The summed E-state index contributed by atoms with van der Waals surface area (Å²) < 4.78 is 2.15. The fraction of sp³-hybridized carbons (Fsp3) is 0.286. The molecule has 0 saturated carbocycles. The number of aromatic nitrogens is 2. The summed E-state index contributed by atoms with van der Waals surface area (Å²) in [5, 5.41) is 2.63. The normalized spacial score (nSPS) is 11.7. The summed E-state index contributed by atoms with van der Waals surface area (Å²) in [6.45, 7) is 9.07. The molecule has 0 fully saturated rings. The van der Waals surface area contributed by atoms with E-state index in [4.69, 9.17) is 0 Å². The van der Waals surface area contributed by atoms with Crippen LogP contribution in [0.2, 0.25) is 0 Å². The number of aryl methyl sites for hydroxylation is 1. The van der Waals surface area contributed by atoms with Crippen LogP contribution in [0.15, 0.2) is 64.2 Å². The largest absolute Gasteiger partial charge is 0.372 e. The predicted octanol–water partition coefficient (Wildman–Crippen LogP) is 5.80. The van der Waals surface area contributed by atoms with Crippen LogP contribution in [0.5, 0.6) is 0 Å². The number of nitrogens with zero attached hydrogens (tertiary/aromatic N) is 2. The van der Waals surface area contributed by atoms with Gasteiger partial charge in [0.05, 0.1) is 16.6 Å². The minimum Gasteiger partial charge on any atom is -0.372 e. The molecule has 0 bridgehead atoms. The molecule has 2 aromatic heterocycles. The molecule has 5 rings (SSSR count). The van der Waals surface area contributed by atoms with Crippen molar-refractivity contribution in [3.8, 4) is 0 Å². The molecule has 33 heavy (non-hydrogen) atoms. The minimum absolute atomic E-state index is 0.00963. The molecule has 5 heteroatoms. The van der Waals surface area contributed by atoms with Gasteiger partial charge >= 0.3 is 0 Å². The Hall–Kier alpha value is -3.60. The van der Waals surface area contributed by atoms with Gasteiger partial charge < -0.3 is 14.5 Å². The van der Waals surface area contributed by atoms with Gasteiger partial charge in [-0.1, -0.05) is 26.0 Å². The first kappa shape index (κ1) is 21.3. The number of aromatic amines is 1. The maximum Gasteiger partial charge on any atom is 0.197 e. The van der Waals surface area contributed by atoms with E-state index < -0.39 is 0 Å². The van der Waals surface area contributed by atoms with Crippen molar-refractivity contribution in [1.29, 1.82) is 0 Å². The van der Waals surface area contributed by atoms with Crippen molar-refractivity contribution in [2.45, 2.75) is 40.2 Å². The fourth-order valence-corrected chi connectivity index (χ4v) is 5.03. The number of anilines is 1. The Balaban J connectivity index is 1.86. The third-order valence-electron chi connectivity index (χ3n) is 6.54. The van der Waals surface area contributed by atoms with Gasteiger partial charge in [-0.05, 0) is 62.2 Å². The zero-order valence-electron chi connectivity index (χ0n) is 19.4. The molecule has 0 unspecified atom stereocenters. The van der Waals surface area contributed by atoms with E-state index in [1.807, 2.05) is 42.5 Å². The second-order valence-corrected chi connectivity index (χ2v) is 8.68. The first-order valence-corrected chi connectivity index (χ1v) is 11.9. The summed E-state index contributed by atoms with van der Waals surface area (Å²) in [5.74, 6) is 0. The summed E-state index contributed by atoms with van der Waals surface area (Å²) >= 11 is 0. The molecule has 5 aromatic rings. The highest BCUT2D eigenvalue weighted by Crippen LogP contribution is 2.27. The van der Waals surface area contributed by atoms with Crippen molar-refractivity contribution in [2.75, 3.05) is 18.0 Å². The van der Waals surface area contributed by atoms with Crippen LogP contribution in [0.1, 0.15) is 33.6 Å². The molecule has 0 aliphatic carbocycles. The Morgan fingerprint density at radius 1 is 0.727 bits per heavy atom. The first-order chi connectivity index (χ1) is 16.1. The molecule has 168 valence electrons. The van der Waals surface area contributed by atoms with Crippen LogP contribution >= 0.6 is 0 Å². The molecule has 2 heterocycles. The van der Waals surface area contributed by atoms with Crippen molar-refractivity contribution in [1.82, 2.24) is 9.55 Å². The first-order valence-electron chi connectivity index (χ1n) is 11.9. The quantitative estimate of drug-likeness (QED) is 0.340. The number of para-hydroxylation sites is 1. The molecule has 0 saturated heterocycles. The lowest BCUT2D eigenvalue weighted by molar-refractivity contribution is 0.745. The number of hydrogen-bond donors (Lipinski definition) is 1. The molecule has 0 spiro atoms. The molecular formula is C28H29N3O2. The Morgan fingerprint density at radius 2 is 1.42 bits per heavy atom. The van der Waals surface area contributed by atoms with Crippen LogP contribution in [0.25, 0.3) is 43.6 Å². The van der Waals surface area contributed by atoms with Crippen molar-refractivity contribution in [2.24, 2.45) is 0 Å². The molecule has 0 amide bonds. The molecule has 0 aliphatic rings. The molecular weight excluding hydrogens is 410 g/mol.